The molecule has 0 aliphatic carbocycles. The summed E-state index contributed by atoms with van der Waals surface area (Å²) in [6, 6.07) is 19.6. The van der Waals surface area contributed by atoms with Crippen molar-refractivity contribution in [1.29, 1.82) is 0 Å². The number of sulfonamides is 1. The Kier molecular flexibility index (Phi) is 7.09. The Balaban J connectivity index is 1.86. The van der Waals surface area contributed by atoms with Crippen LogP contribution in [0.2, 0.25) is 5.02 Å². The van der Waals surface area contributed by atoms with Crippen molar-refractivity contribution in [2.75, 3.05) is 10.8 Å². The van der Waals surface area contributed by atoms with E-state index in [1.165, 1.54) is 12.1 Å². The highest BCUT2D eigenvalue weighted by molar-refractivity contribution is 7.92. The van der Waals surface area contributed by atoms with Crippen molar-refractivity contribution in [3.8, 4) is 0 Å². The fourth-order valence-electron chi connectivity index (χ4n) is 2.95. The predicted octanol–water partition coefficient (Wildman–Crippen LogP) is 3.97. The maximum atomic E-state index is 13.3. The standard InChI is InChI=1S/C23H21ClN2O4S/c1-17-9-11-20(12-10-17)31(29,30)26(22-8-3-2-7-21(22)24)15-23(28)25-14-18-5-4-6-19(13-18)16-27/h2-13,16H,14-15H2,1H3,(H,25,28). The molecule has 0 radical (unpaired) electrons. The lowest BCUT2D eigenvalue weighted by atomic mass is 10.1. The molecule has 0 saturated carbocycles. The van der Waals surface area contributed by atoms with Gasteiger partial charge in [-0.25, -0.2) is 8.42 Å². The van der Waals surface area contributed by atoms with Gasteiger partial charge in [0.1, 0.15) is 12.8 Å². The highest BCUT2D eigenvalue weighted by atomic mass is 35.5. The van der Waals surface area contributed by atoms with Crippen LogP contribution in [-0.4, -0.2) is 27.2 Å². The second-order valence-electron chi connectivity index (χ2n) is 6.92. The second kappa shape index (κ2) is 9.76. The summed E-state index contributed by atoms with van der Waals surface area (Å²) in [5, 5.41) is 2.91. The van der Waals surface area contributed by atoms with E-state index in [0.29, 0.717) is 5.56 Å². The van der Waals surface area contributed by atoms with E-state index in [0.717, 1.165) is 21.7 Å². The quantitative estimate of drug-likeness (QED) is 0.520. The third kappa shape index (κ3) is 5.51. The SMILES string of the molecule is Cc1ccc(S(=O)(=O)N(CC(=O)NCc2cccc(C=O)c2)c2ccccc2Cl)cc1. The number of aryl methyl sites for hydroxylation is 1. The van der Waals surface area contributed by atoms with Gasteiger partial charge in [-0.2, -0.15) is 0 Å². The van der Waals surface area contributed by atoms with Crippen molar-refractivity contribution in [2.45, 2.75) is 18.4 Å². The minimum atomic E-state index is -4.04. The van der Waals surface area contributed by atoms with Crippen molar-refractivity contribution in [3.63, 3.8) is 0 Å². The number of para-hydroxylation sites is 1. The molecule has 0 unspecified atom stereocenters. The summed E-state index contributed by atoms with van der Waals surface area (Å²) < 4.78 is 27.7. The number of nitrogens with one attached hydrogen (secondary N) is 1. The zero-order valence-corrected chi connectivity index (χ0v) is 18.4. The number of nitrogens with zero attached hydrogens (tertiary/aromatic N) is 1. The van der Waals surface area contributed by atoms with Gasteiger partial charge in [-0.15, -0.1) is 0 Å². The van der Waals surface area contributed by atoms with E-state index in [1.807, 2.05) is 6.92 Å². The molecule has 0 saturated heterocycles. The summed E-state index contributed by atoms with van der Waals surface area (Å²) in [5.74, 6) is -0.507. The van der Waals surface area contributed by atoms with Gasteiger partial charge in [-0.05, 0) is 42.8 Å². The first-order valence-electron chi connectivity index (χ1n) is 9.46. The van der Waals surface area contributed by atoms with E-state index < -0.39 is 22.5 Å². The monoisotopic (exact) mass is 456 g/mol. The lowest BCUT2D eigenvalue weighted by Crippen LogP contribution is -2.40. The molecule has 1 amide bonds. The van der Waals surface area contributed by atoms with Gasteiger partial charge in [0.2, 0.25) is 5.91 Å². The number of aldehydes is 1. The Labute approximate surface area is 186 Å². The smallest absolute Gasteiger partial charge is 0.264 e. The van der Waals surface area contributed by atoms with Crippen LogP contribution in [0.25, 0.3) is 0 Å². The minimum Gasteiger partial charge on any atom is -0.350 e. The third-order valence-electron chi connectivity index (χ3n) is 4.59. The molecule has 0 fully saturated rings. The van der Waals surface area contributed by atoms with Gasteiger partial charge >= 0.3 is 0 Å². The van der Waals surface area contributed by atoms with Crippen LogP contribution in [0.15, 0.2) is 77.7 Å². The van der Waals surface area contributed by atoms with E-state index in [1.54, 1.807) is 60.7 Å². The van der Waals surface area contributed by atoms with Crippen molar-refractivity contribution in [3.05, 3.63) is 94.5 Å². The van der Waals surface area contributed by atoms with Crippen LogP contribution in [0.4, 0.5) is 5.69 Å². The summed E-state index contributed by atoms with van der Waals surface area (Å²) >= 11 is 6.26. The second-order valence-corrected chi connectivity index (χ2v) is 9.19. The van der Waals surface area contributed by atoms with Gasteiger partial charge in [-0.3, -0.25) is 13.9 Å². The molecular formula is C23H21ClN2O4S. The first-order chi connectivity index (χ1) is 14.8. The molecule has 0 aliphatic rings. The molecule has 1 N–H and O–H groups in total. The molecule has 8 heteroatoms. The molecule has 0 bridgehead atoms. The molecule has 160 valence electrons. The van der Waals surface area contributed by atoms with Gasteiger partial charge in [0, 0.05) is 12.1 Å². The van der Waals surface area contributed by atoms with Crippen molar-refractivity contribution in [1.82, 2.24) is 5.32 Å². The van der Waals surface area contributed by atoms with Crippen LogP contribution in [0.3, 0.4) is 0 Å². The van der Waals surface area contributed by atoms with Gasteiger partial charge in [0.25, 0.3) is 10.0 Å². The maximum Gasteiger partial charge on any atom is 0.264 e. The van der Waals surface area contributed by atoms with E-state index in [2.05, 4.69) is 5.32 Å². The van der Waals surface area contributed by atoms with E-state index in [4.69, 9.17) is 11.6 Å². The predicted molar refractivity (Wildman–Crippen MR) is 121 cm³/mol. The normalized spacial score (nSPS) is 11.0. The molecule has 3 aromatic carbocycles. The maximum absolute atomic E-state index is 13.3. The summed E-state index contributed by atoms with van der Waals surface area (Å²) in [6.45, 7) is 1.56. The summed E-state index contributed by atoms with van der Waals surface area (Å²) in [7, 11) is -4.04. The van der Waals surface area contributed by atoms with Crippen LogP contribution in [0.1, 0.15) is 21.5 Å². The molecule has 0 spiro atoms. The Morgan fingerprint density at radius 3 is 2.42 bits per heavy atom. The minimum absolute atomic E-state index is 0.0597. The number of amides is 1. The largest absolute Gasteiger partial charge is 0.350 e. The average Bonchev–Trinajstić information content (AvgIpc) is 2.77. The highest BCUT2D eigenvalue weighted by Gasteiger charge is 2.28. The summed E-state index contributed by atoms with van der Waals surface area (Å²) in [4.78, 5) is 23.7. The average molecular weight is 457 g/mol. The Morgan fingerprint density at radius 2 is 1.74 bits per heavy atom. The Bertz CT molecular complexity index is 1190. The number of rotatable bonds is 8. The van der Waals surface area contributed by atoms with Gasteiger partial charge < -0.3 is 5.32 Å². The number of hydrogen-bond donors (Lipinski definition) is 1. The zero-order chi connectivity index (χ0) is 22.4. The van der Waals surface area contributed by atoms with Crippen molar-refractivity contribution >= 4 is 39.5 Å². The number of carbonyl (C=O) groups is 2. The van der Waals surface area contributed by atoms with Crippen LogP contribution < -0.4 is 9.62 Å². The van der Waals surface area contributed by atoms with Crippen LogP contribution >= 0.6 is 11.6 Å². The number of carbonyl (C=O) groups excluding carboxylic acids is 2. The lowest BCUT2D eigenvalue weighted by Gasteiger charge is -2.25. The Hall–Kier alpha value is -3.16. The first kappa shape index (κ1) is 22.5. The van der Waals surface area contributed by atoms with Crippen molar-refractivity contribution in [2.24, 2.45) is 0 Å². The number of benzene rings is 3. The van der Waals surface area contributed by atoms with Crippen LogP contribution in [-0.2, 0) is 21.4 Å². The number of halogens is 1. The number of anilines is 1. The fraction of sp³-hybridized carbons (Fsp3) is 0.130. The molecule has 31 heavy (non-hydrogen) atoms. The topological polar surface area (TPSA) is 83.6 Å². The molecule has 0 atom stereocenters. The van der Waals surface area contributed by atoms with Crippen LogP contribution in [0.5, 0.6) is 0 Å². The Morgan fingerprint density at radius 1 is 1.03 bits per heavy atom. The third-order valence-corrected chi connectivity index (χ3v) is 6.69. The summed E-state index contributed by atoms with van der Waals surface area (Å²) in [6.07, 6.45) is 0.721. The van der Waals surface area contributed by atoms with Gasteiger partial charge in [0.15, 0.2) is 0 Å². The lowest BCUT2D eigenvalue weighted by molar-refractivity contribution is -0.119. The van der Waals surface area contributed by atoms with Gasteiger partial charge in [-0.1, -0.05) is 59.6 Å². The summed E-state index contributed by atoms with van der Waals surface area (Å²) in [5.41, 5.74) is 2.34. The van der Waals surface area contributed by atoms with Crippen LogP contribution in [0, 0.1) is 6.92 Å². The van der Waals surface area contributed by atoms with E-state index in [-0.39, 0.29) is 22.2 Å². The first-order valence-corrected chi connectivity index (χ1v) is 11.3. The highest BCUT2D eigenvalue weighted by Crippen LogP contribution is 2.30. The molecule has 0 heterocycles. The van der Waals surface area contributed by atoms with Crippen molar-refractivity contribution < 1.29 is 18.0 Å². The number of hydrogen-bond acceptors (Lipinski definition) is 4. The molecule has 0 aliphatic heterocycles. The molecule has 3 aromatic rings. The molecular weight excluding hydrogens is 436 g/mol. The van der Waals surface area contributed by atoms with E-state index in [9.17, 15) is 18.0 Å². The zero-order valence-electron chi connectivity index (χ0n) is 16.8. The fourth-order valence-corrected chi connectivity index (χ4v) is 4.68. The van der Waals surface area contributed by atoms with Gasteiger partial charge in [0.05, 0.1) is 15.6 Å². The van der Waals surface area contributed by atoms with E-state index >= 15 is 0 Å². The molecule has 3 rings (SSSR count). The molecule has 0 aromatic heterocycles. The molecule has 6 nitrogen and oxygen atoms in total.